The lowest BCUT2D eigenvalue weighted by atomic mass is 10.1. The molecule has 0 aliphatic heterocycles. The molecule has 2 heterocycles. The Hall–Kier alpha value is -3.76. The van der Waals surface area contributed by atoms with Crippen molar-refractivity contribution in [2.75, 3.05) is 5.43 Å². The predicted octanol–water partition coefficient (Wildman–Crippen LogP) is 3.92. The first-order valence-corrected chi connectivity index (χ1v) is 11.7. The molecule has 0 amide bonds. The summed E-state index contributed by atoms with van der Waals surface area (Å²) in [4.78, 5) is 41.8. The standard InChI is InChI=1S/C23H31N7O4/c1-3-4-5-6-7-8-9-10-14-29-19-20(28(2)23(32)26-21(19)31)25-22(29)27-24-16-17-12-11-13-18(15-17)30(33)34/h11-13,15-16H,3-10,14H2,1-2H3,(H,25,27)(H,26,31,32)/b24-16+. The highest BCUT2D eigenvalue weighted by Gasteiger charge is 2.17. The van der Waals surface area contributed by atoms with Gasteiger partial charge in [0.1, 0.15) is 0 Å². The van der Waals surface area contributed by atoms with Crippen LogP contribution in [0.3, 0.4) is 0 Å². The number of nitro benzene ring substituents is 1. The number of aryl methyl sites for hydroxylation is 2. The lowest BCUT2D eigenvalue weighted by Crippen LogP contribution is -2.29. The van der Waals surface area contributed by atoms with Crippen LogP contribution in [0.1, 0.15) is 63.9 Å². The fourth-order valence-electron chi connectivity index (χ4n) is 3.82. The number of non-ortho nitro benzene ring substituents is 1. The number of H-pyrrole nitrogens is 1. The smallest absolute Gasteiger partial charge is 0.303 e. The van der Waals surface area contributed by atoms with Gasteiger partial charge in [-0.25, -0.2) is 10.2 Å². The zero-order valence-corrected chi connectivity index (χ0v) is 19.6. The van der Waals surface area contributed by atoms with Crippen LogP contribution in [-0.4, -0.2) is 30.2 Å². The van der Waals surface area contributed by atoms with Crippen molar-refractivity contribution in [2.45, 2.75) is 64.8 Å². The number of imidazole rings is 1. The largest absolute Gasteiger partial charge is 0.329 e. The van der Waals surface area contributed by atoms with Gasteiger partial charge < -0.3 is 4.57 Å². The van der Waals surface area contributed by atoms with E-state index in [0.717, 1.165) is 19.3 Å². The monoisotopic (exact) mass is 469 g/mol. The fraction of sp³-hybridized carbons (Fsp3) is 0.478. The number of aromatic amines is 1. The van der Waals surface area contributed by atoms with Gasteiger partial charge >= 0.3 is 5.69 Å². The van der Waals surface area contributed by atoms with Gasteiger partial charge in [-0.15, -0.1) is 0 Å². The van der Waals surface area contributed by atoms with Gasteiger partial charge in [0, 0.05) is 31.3 Å². The summed E-state index contributed by atoms with van der Waals surface area (Å²) in [5.41, 5.74) is 2.87. The number of fused-ring (bicyclic) bond motifs is 1. The van der Waals surface area contributed by atoms with E-state index in [2.05, 4.69) is 27.4 Å². The molecule has 2 aromatic heterocycles. The number of nitrogens with zero attached hydrogens (tertiary/aromatic N) is 5. The van der Waals surface area contributed by atoms with E-state index < -0.39 is 16.2 Å². The normalized spacial score (nSPS) is 11.5. The SMILES string of the molecule is CCCCCCCCCCn1c(N/N=C/c2cccc([N+](=O)[O-])c2)nc2c1c(=O)[nH]c(=O)n2C. The van der Waals surface area contributed by atoms with E-state index >= 15 is 0 Å². The van der Waals surface area contributed by atoms with Crippen LogP contribution in [-0.2, 0) is 13.6 Å². The first kappa shape index (κ1) is 24.9. The number of nitro groups is 1. The minimum atomic E-state index is -0.541. The van der Waals surface area contributed by atoms with E-state index in [-0.39, 0.29) is 11.3 Å². The maximum Gasteiger partial charge on any atom is 0.329 e. The highest BCUT2D eigenvalue weighted by molar-refractivity contribution is 5.81. The summed E-state index contributed by atoms with van der Waals surface area (Å²) in [6.07, 6.45) is 10.6. The number of benzene rings is 1. The summed E-state index contributed by atoms with van der Waals surface area (Å²) >= 11 is 0. The van der Waals surface area contributed by atoms with Crippen LogP contribution in [0.4, 0.5) is 11.6 Å². The van der Waals surface area contributed by atoms with Gasteiger partial charge in [-0.1, -0.05) is 64.0 Å². The quantitative estimate of drug-likeness (QED) is 0.168. The number of rotatable bonds is 13. The molecule has 0 fully saturated rings. The molecule has 0 spiro atoms. The minimum absolute atomic E-state index is 0.0348. The van der Waals surface area contributed by atoms with E-state index in [1.807, 2.05) is 0 Å². The van der Waals surface area contributed by atoms with E-state index in [9.17, 15) is 19.7 Å². The molecule has 0 aliphatic rings. The van der Waals surface area contributed by atoms with Crippen LogP contribution in [0.25, 0.3) is 11.2 Å². The zero-order valence-electron chi connectivity index (χ0n) is 19.6. The molecule has 182 valence electrons. The number of hydrogen-bond donors (Lipinski definition) is 2. The van der Waals surface area contributed by atoms with Gasteiger partial charge in [0.15, 0.2) is 11.2 Å². The third-order valence-electron chi connectivity index (χ3n) is 5.70. The summed E-state index contributed by atoms with van der Waals surface area (Å²) in [6.45, 7) is 2.74. The molecule has 34 heavy (non-hydrogen) atoms. The molecule has 0 bridgehead atoms. The number of hydrogen-bond acceptors (Lipinski definition) is 7. The Morgan fingerprint density at radius 3 is 2.56 bits per heavy atom. The molecule has 0 atom stereocenters. The van der Waals surface area contributed by atoms with E-state index in [4.69, 9.17) is 0 Å². The molecule has 2 N–H and O–H groups in total. The molecule has 0 unspecified atom stereocenters. The summed E-state index contributed by atoms with van der Waals surface area (Å²) < 4.78 is 3.02. The summed E-state index contributed by atoms with van der Waals surface area (Å²) in [5, 5.41) is 15.1. The topological polar surface area (TPSA) is 140 Å². The molecule has 11 heteroatoms. The Morgan fingerprint density at radius 2 is 1.85 bits per heavy atom. The summed E-state index contributed by atoms with van der Waals surface area (Å²) in [6, 6.07) is 6.08. The Bertz CT molecular complexity index is 1270. The molecule has 11 nitrogen and oxygen atoms in total. The third kappa shape index (κ3) is 6.18. The zero-order chi connectivity index (χ0) is 24.5. The van der Waals surface area contributed by atoms with Crippen molar-refractivity contribution in [2.24, 2.45) is 12.1 Å². The Balaban J connectivity index is 1.77. The van der Waals surface area contributed by atoms with Crippen LogP contribution in [0.2, 0.25) is 0 Å². The van der Waals surface area contributed by atoms with Crippen LogP contribution < -0.4 is 16.7 Å². The van der Waals surface area contributed by atoms with Crippen molar-refractivity contribution in [3.05, 3.63) is 60.8 Å². The highest BCUT2D eigenvalue weighted by Crippen LogP contribution is 2.18. The van der Waals surface area contributed by atoms with E-state index in [1.165, 1.54) is 55.0 Å². The molecule has 0 aliphatic carbocycles. The average Bonchev–Trinajstić information content (AvgIpc) is 3.18. The Morgan fingerprint density at radius 1 is 1.15 bits per heavy atom. The second kappa shape index (κ2) is 11.9. The van der Waals surface area contributed by atoms with Crippen molar-refractivity contribution in [1.29, 1.82) is 0 Å². The van der Waals surface area contributed by atoms with Crippen LogP contribution in [0.5, 0.6) is 0 Å². The Kier molecular flexibility index (Phi) is 8.72. The number of hydrazone groups is 1. The van der Waals surface area contributed by atoms with E-state index in [1.54, 1.807) is 23.7 Å². The highest BCUT2D eigenvalue weighted by atomic mass is 16.6. The fourth-order valence-corrected chi connectivity index (χ4v) is 3.82. The predicted molar refractivity (Wildman–Crippen MR) is 133 cm³/mol. The number of anilines is 1. The second-order valence-corrected chi connectivity index (χ2v) is 8.27. The van der Waals surface area contributed by atoms with Crippen LogP contribution in [0, 0.1) is 10.1 Å². The molecule has 0 saturated heterocycles. The average molecular weight is 470 g/mol. The third-order valence-corrected chi connectivity index (χ3v) is 5.70. The van der Waals surface area contributed by atoms with Gasteiger partial charge in [-0.3, -0.25) is 24.5 Å². The van der Waals surface area contributed by atoms with Crippen molar-refractivity contribution < 1.29 is 4.92 Å². The van der Waals surface area contributed by atoms with Gasteiger partial charge in [0.2, 0.25) is 5.95 Å². The molecule has 1 aromatic carbocycles. The number of unbranched alkanes of at least 4 members (excludes halogenated alkanes) is 7. The van der Waals surface area contributed by atoms with Crippen LogP contribution >= 0.6 is 0 Å². The van der Waals surface area contributed by atoms with Gasteiger partial charge in [-0.2, -0.15) is 10.1 Å². The molecule has 0 saturated carbocycles. The Labute approximate surface area is 196 Å². The van der Waals surface area contributed by atoms with Crippen molar-refractivity contribution in [1.82, 2.24) is 19.1 Å². The molecule has 0 radical (unpaired) electrons. The summed E-state index contributed by atoms with van der Waals surface area (Å²) in [7, 11) is 1.55. The molecule has 3 aromatic rings. The summed E-state index contributed by atoms with van der Waals surface area (Å²) in [5.74, 6) is 0.325. The lowest BCUT2D eigenvalue weighted by Gasteiger charge is -2.08. The van der Waals surface area contributed by atoms with Crippen molar-refractivity contribution in [3.8, 4) is 0 Å². The van der Waals surface area contributed by atoms with Gasteiger partial charge in [-0.05, 0) is 6.42 Å². The van der Waals surface area contributed by atoms with Gasteiger partial charge in [0.25, 0.3) is 11.2 Å². The van der Waals surface area contributed by atoms with Crippen LogP contribution in [0.15, 0.2) is 39.0 Å². The minimum Gasteiger partial charge on any atom is -0.303 e. The molecule has 3 rings (SSSR count). The number of aromatic nitrogens is 4. The van der Waals surface area contributed by atoms with Gasteiger partial charge in [0.05, 0.1) is 11.1 Å². The maximum atomic E-state index is 12.6. The van der Waals surface area contributed by atoms with Crippen molar-refractivity contribution >= 4 is 29.0 Å². The lowest BCUT2D eigenvalue weighted by molar-refractivity contribution is -0.384. The second-order valence-electron chi connectivity index (χ2n) is 8.27. The number of nitrogens with one attached hydrogen (secondary N) is 2. The van der Waals surface area contributed by atoms with Crippen molar-refractivity contribution in [3.63, 3.8) is 0 Å². The first-order valence-electron chi connectivity index (χ1n) is 11.7. The van der Waals surface area contributed by atoms with E-state index in [0.29, 0.717) is 23.6 Å². The molecular formula is C23H31N7O4. The first-order chi connectivity index (χ1) is 16.4. The molecular weight excluding hydrogens is 438 g/mol. The maximum absolute atomic E-state index is 12.6.